The number of amides is 3. The number of nitrogens with zero attached hydrogens (tertiary/aromatic N) is 2. The predicted molar refractivity (Wildman–Crippen MR) is 112 cm³/mol. The number of carbonyl (C=O) groups is 3. The van der Waals surface area contributed by atoms with Gasteiger partial charge in [0.15, 0.2) is 11.8 Å². The van der Waals surface area contributed by atoms with Crippen molar-refractivity contribution in [1.29, 1.82) is 0 Å². The summed E-state index contributed by atoms with van der Waals surface area (Å²) < 4.78 is 6.48. The summed E-state index contributed by atoms with van der Waals surface area (Å²) in [6, 6.07) is 5.80. The van der Waals surface area contributed by atoms with Crippen LogP contribution in [0.3, 0.4) is 0 Å². The standard InChI is InChI=1S/C21H28N4O5/c1-5-6-9-12-25-19(27)16-11-8-7-10-15(16)17(24-25)20(28)30-14(4)18(26)23-21(29)22-13(2)3/h7-8,10-11,13-14H,5-6,9,12H2,1-4H3,(H2,22,23,26,29)/t14-/m1/s1. The number of benzene rings is 1. The molecule has 1 heterocycles. The molecule has 0 aliphatic heterocycles. The Kier molecular flexibility index (Phi) is 8.08. The van der Waals surface area contributed by atoms with Gasteiger partial charge in [-0.15, -0.1) is 0 Å². The molecule has 1 aromatic carbocycles. The van der Waals surface area contributed by atoms with E-state index < -0.39 is 24.0 Å². The first-order valence-electron chi connectivity index (χ1n) is 10.1. The second kappa shape index (κ2) is 10.5. The van der Waals surface area contributed by atoms with Crippen molar-refractivity contribution in [3.05, 3.63) is 40.3 Å². The maximum atomic E-state index is 12.7. The average molecular weight is 416 g/mol. The Balaban J connectivity index is 2.24. The zero-order chi connectivity index (χ0) is 22.3. The van der Waals surface area contributed by atoms with Crippen LogP contribution in [0, 0.1) is 0 Å². The van der Waals surface area contributed by atoms with Gasteiger partial charge in [0.2, 0.25) is 0 Å². The lowest BCUT2D eigenvalue weighted by Crippen LogP contribution is -2.46. The minimum Gasteiger partial charge on any atom is -0.448 e. The van der Waals surface area contributed by atoms with Crippen LogP contribution in [-0.2, 0) is 16.1 Å². The molecule has 0 fully saturated rings. The minimum absolute atomic E-state index is 0.0482. The average Bonchev–Trinajstić information content (AvgIpc) is 2.69. The summed E-state index contributed by atoms with van der Waals surface area (Å²) in [5.74, 6) is -1.61. The Labute approximate surface area is 174 Å². The van der Waals surface area contributed by atoms with Gasteiger partial charge in [0.1, 0.15) is 0 Å². The largest absolute Gasteiger partial charge is 0.448 e. The van der Waals surface area contributed by atoms with Gasteiger partial charge < -0.3 is 10.1 Å². The molecule has 0 bridgehead atoms. The fourth-order valence-corrected chi connectivity index (χ4v) is 2.83. The van der Waals surface area contributed by atoms with Gasteiger partial charge in [0, 0.05) is 18.0 Å². The molecule has 0 radical (unpaired) electrons. The van der Waals surface area contributed by atoms with Crippen molar-refractivity contribution in [3.8, 4) is 0 Å². The highest BCUT2D eigenvalue weighted by Crippen LogP contribution is 2.15. The Morgan fingerprint density at radius 1 is 1.10 bits per heavy atom. The Morgan fingerprint density at radius 2 is 1.77 bits per heavy atom. The van der Waals surface area contributed by atoms with Crippen molar-refractivity contribution in [3.63, 3.8) is 0 Å². The van der Waals surface area contributed by atoms with Crippen molar-refractivity contribution in [2.45, 2.75) is 65.6 Å². The molecule has 1 aromatic heterocycles. The molecule has 0 unspecified atom stereocenters. The number of unbranched alkanes of at least 4 members (excludes halogenated alkanes) is 2. The van der Waals surface area contributed by atoms with E-state index in [4.69, 9.17) is 4.74 Å². The smallest absolute Gasteiger partial charge is 0.360 e. The van der Waals surface area contributed by atoms with Gasteiger partial charge in [-0.25, -0.2) is 14.3 Å². The van der Waals surface area contributed by atoms with Gasteiger partial charge in [-0.2, -0.15) is 5.10 Å². The van der Waals surface area contributed by atoms with Crippen LogP contribution in [-0.4, -0.2) is 39.8 Å². The summed E-state index contributed by atoms with van der Waals surface area (Å²) in [5.41, 5.74) is -0.331. The fraction of sp³-hybridized carbons (Fsp3) is 0.476. The molecule has 0 saturated heterocycles. The van der Waals surface area contributed by atoms with Crippen LogP contribution in [0.1, 0.15) is 57.4 Å². The number of aromatic nitrogens is 2. The van der Waals surface area contributed by atoms with Crippen LogP contribution in [0.15, 0.2) is 29.1 Å². The van der Waals surface area contributed by atoms with E-state index in [0.29, 0.717) is 17.3 Å². The SMILES string of the molecule is CCCCCn1nc(C(=O)O[C@H](C)C(=O)NC(=O)NC(C)C)c2ccccc2c1=O. The number of urea groups is 1. The first kappa shape index (κ1) is 23.1. The highest BCUT2D eigenvalue weighted by molar-refractivity contribution is 6.03. The van der Waals surface area contributed by atoms with Gasteiger partial charge in [-0.3, -0.25) is 14.9 Å². The monoisotopic (exact) mass is 416 g/mol. The number of hydrogen-bond donors (Lipinski definition) is 2. The lowest BCUT2D eigenvalue weighted by Gasteiger charge is -2.15. The first-order chi connectivity index (χ1) is 14.2. The Hall–Kier alpha value is -3.23. The number of fused-ring (bicyclic) bond motifs is 1. The number of aryl methyl sites for hydroxylation is 1. The molecule has 1 atom stereocenters. The normalized spacial score (nSPS) is 11.9. The van der Waals surface area contributed by atoms with E-state index in [1.54, 1.807) is 38.1 Å². The third kappa shape index (κ3) is 5.88. The third-order valence-electron chi connectivity index (χ3n) is 4.34. The molecule has 2 aromatic rings. The molecule has 3 amide bonds. The van der Waals surface area contributed by atoms with Crippen LogP contribution in [0.5, 0.6) is 0 Å². The number of hydrogen-bond acceptors (Lipinski definition) is 6. The zero-order valence-electron chi connectivity index (χ0n) is 17.7. The van der Waals surface area contributed by atoms with Gasteiger partial charge in [0.25, 0.3) is 11.5 Å². The molecular weight excluding hydrogens is 388 g/mol. The molecule has 0 saturated carbocycles. The molecular formula is C21H28N4O5. The zero-order valence-corrected chi connectivity index (χ0v) is 17.7. The van der Waals surface area contributed by atoms with E-state index in [2.05, 4.69) is 15.7 Å². The maximum absolute atomic E-state index is 12.7. The number of imide groups is 1. The Bertz CT molecular complexity index is 983. The van der Waals surface area contributed by atoms with Crippen molar-refractivity contribution in [1.82, 2.24) is 20.4 Å². The number of ether oxygens (including phenoxy) is 1. The second-order valence-electron chi connectivity index (χ2n) is 7.29. The number of rotatable bonds is 8. The summed E-state index contributed by atoms with van der Waals surface area (Å²) in [5, 5.41) is 9.54. The summed E-state index contributed by atoms with van der Waals surface area (Å²) in [4.78, 5) is 49.2. The third-order valence-corrected chi connectivity index (χ3v) is 4.34. The van der Waals surface area contributed by atoms with E-state index >= 15 is 0 Å². The van der Waals surface area contributed by atoms with Crippen molar-refractivity contribution >= 4 is 28.7 Å². The van der Waals surface area contributed by atoms with Gasteiger partial charge in [-0.05, 0) is 33.3 Å². The summed E-state index contributed by atoms with van der Waals surface area (Å²) in [7, 11) is 0. The summed E-state index contributed by atoms with van der Waals surface area (Å²) in [6.45, 7) is 7.28. The number of carbonyl (C=O) groups excluding carboxylic acids is 3. The van der Waals surface area contributed by atoms with Crippen LogP contribution in [0.25, 0.3) is 10.8 Å². The summed E-state index contributed by atoms with van der Waals surface area (Å²) >= 11 is 0. The Morgan fingerprint density at radius 3 is 2.40 bits per heavy atom. The predicted octanol–water partition coefficient (Wildman–Crippen LogP) is 2.37. The molecule has 0 aliphatic carbocycles. The molecule has 0 aliphatic rings. The van der Waals surface area contributed by atoms with E-state index in [-0.39, 0.29) is 17.3 Å². The van der Waals surface area contributed by atoms with E-state index in [9.17, 15) is 19.2 Å². The van der Waals surface area contributed by atoms with Crippen molar-refractivity contribution < 1.29 is 19.1 Å². The number of esters is 1. The highest BCUT2D eigenvalue weighted by Gasteiger charge is 2.24. The van der Waals surface area contributed by atoms with Crippen LogP contribution < -0.4 is 16.2 Å². The van der Waals surface area contributed by atoms with Crippen LogP contribution >= 0.6 is 0 Å². The maximum Gasteiger partial charge on any atom is 0.360 e. The summed E-state index contributed by atoms with van der Waals surface area (Å²) in [6.07, 6.45) is 1.43. The van der Waals surface area contributed by atoms with Gasteiger partial charge in [0.05, 0.1) is 5.39 Å². The van der Waals surface area contributed by atoms with Gasteiger partial charge >= 0.3 is 12.0 Å². The van der Waals surface area contributed by atoms with E-state index in [0.717, 1.165) is 19.3 Å². The number of nitrogens with one attached hydrogen (secondary N) is 2. The second-order valence-corrected chi connectivity index (χ2v) is 7.29. The lowest BCUT2D eigenvalue weighted by atomic mass is 10.1. The van der Waals surface area contributed by atoms with E-state index in [1.165, 1.54) is 11.6 Å². The lowest BCUT2D eigenvalue weighted by molar-refractivity contribution is -0.127. The van der Waals surface area contributed by atoms with Crippen LogP contribution in [0.2, 0.25) is 0 Å². The molecule has 2 rings (SSSR count). The van der Waals surface area contributed by atoms with E-state index in [1.807, 2.05) is 6.92 Å². The molecule has 2 N–H and O–H groups in total. The molecule has 9 nitrogen and oxygen atoms in total. The fourth-order valence-electron chi connectivity index (χ4n) is 2.83. The molecule has 9 heteroatoms. The van der Waals surface area contributed by atoms with Crippen molar-refractivity contribution in [2.75, 3.05) is 0 Å². The van der Waals surface area contributed by atoms with Crippen molar-refractivity contribution in [2.24, 2.45) is 0 Å². The molecule has 0 spiro atoms. The minimum atomic E-state index is -1.23. The molecule has 30 heavy (non-hydrogen) atoms. The topological polar surface area (TPSA) is 119 Å². The quantitative estimate of drug-likeness (QED) is 0.504. The first-order valence-corrected chi connectivity index (χ1v) is 10.1. The van der Waals surface area contributed by atoms with Gasteiger partial charge in [-0.1, -0.05) is 38.0 Å². The van der Waals surface area contributed by atoms with Crippen LogP contribution in [0.4, 0.5) is 4.79 Å². The molecule has 162 valence electrons. The highest BCUT2D eigenvalue weighted by atomic mass is 16.5.